The number of urea groups is 1. The Balaban J connectivity index is 2.29. The maximum absolute atomic E-state index is 12.6. The topological polar surface area (TPSA) is 64.0 Å². The Kier molecular flexibility index (Phi) is 3.62. The van der Waals surface area contributed by atoms with E-state index in [0.29, 0.717) is 11.1 Å². The van der Waals surface area contributed by atoms with E-state index in [1.807, 2.05) is 12.1 Å². The first-order valence-electron chi connectivity index (χ1n) is 7.59. The van der Waals surface area contributed by atoms with Crippen LogP contribution in [0.2, 0.25) is 0 Å². The molecule has 2 N–H and O–H groups in total. The van der Waals surface area contributed by atoms with Crippen LogP contribution in [-0.4, -0.2) is 39.6 Å². The van der Waals surface area contributed by atoms with Gasteiger partial charge >= 0.3 is 6.03 Å². The lowest BCUT2D eigenvalue weighted by atomic mass is 9.85. The molecule has 2 aromatic rings. The van der Waals surface area contributed by atoms with Gasteiger partial charge in [0.15, 0.2) is 0 Å². The zero-order valence-corrected chi connectivity index (χ0v) is 13.2. The molecule has 2 unspecified atom stereocenters. The van der Waals surface area contributed by atoms with E-state index in [0.717, 1.165) is 0 Å². The highest BCUT2D eigenvalue weighted by Gasteiger charge is 2.66. The molecule has 1 heterocycles. The van der Waals surface area contributed by atoms with E-state index in [1.165, 1.54) is 16.8 Å². The van der Waals surface area contributed by atoms with Crippen LogP contribution >= 0.6 is 0 Å². The minimum absolute atomic E-state index is 0.268. The maximum atomic E-state index is 12.6. The Morgan fingerprint density at radius 2 is 1.30 bits per heavy atom. The molecule has 0 saturated carbocycles. The highest BCUT2D eigenvalue weighted by atomic mass is 16.4. The average Bonchev–Trinajstić information content (AvgIpc) is 2.76. The predicted molar refractivity (Wildman–Crippen MR) is 86.2 cm³/mol. The van der Waals surface area contributed by atoms with Gasteiger partial charge in [0, 0.05) is 24.7 Å². The summed E-state index contributed by atoms with van der Waals surface area (Å²) >= 11 is 0. The molecule has 2 amide bonds. The van der Waals surface area contributed by atoms with E-state index in [2.05, 4.69) is 0 Å². The van der Waals surface area contributed by atoms with Crippen LogP contribution < -0.4 is 0 Å². The van der Waals surface area contributed by atoms with Crippen molar-refractivity contribution in [2.75, 3.05) is 13.6 Å². The summed E-state index contributed by atoms with van der Waals surface area (Å²) < 4.78 is 0. The van der Waals surface area contributed by atoms with Crippen molar-refractivity contribution in [3.63, 3.8) is 0 Å². The molecule has 1 aliphatic heterocycles. The predicted octanol–water partition coefficient (Wildman–Crippen LogP) is 2.06. The number of hydrogen-bond acceptors (Lipinski definition) is 3. The zero-order valence-electron chi connectivity index (χ0n) is 13.2. The molecule has 2 atom stereocenters. The molecule has 0 aromatic heterocycles. The number of amides is 2. The van der Waals surface area contributed by atoms with Crippen LogP contribution in [0.5, 0.6) is 0 Å². The number of carbonyl (C=O) groups is 1. The van der Waals surface area contributed by atoms with Crippen LogP contribution in [0.4, 0.5) is 4.79 Å². The number of aliphatic hydroxyl groups is 2. The van der Waals surface area contributed by atoms with Gasteiger partial charge in [0.25, 0.3) is 0 Å². The third kappa shape index (κ3) is 1.90. The van der Waals surface area contributed by atoms with Crippen molar-refractivity contribution >= 4 is 6.03 Å². The lowest BCUT2D eigenvalue weighted by Crippen LogP contribution is -2.56. The first kappa shape index (κ1) is 15.5. The second kappa shape index (κ2) is 5.37. The summed E-state index contributed by atoms with van der Waals surface area (Å²) in [6.07, 6.45) is 0. The summed E-state index contributed by atoms with van der Waals surface area (Å²) in [6, 6.07) is 17.1. The van der Waals surface area contributed by atoms with Crippen molar-refractivity contribution in [2.45, 2.75) is 18.4 Å². The summed E-state index contributed by atoms with van der Waals surface area (Å²) in [5, 5.41) is 23.0. The summed E-state index contributed by atoms with van der Waals surface area (Å²) in [5.74, 6) is 0. The van der Waals surface area contributed by atoms with E-state index in [4.69, 9.17) is 0 Å². The number of carbonyl (C=O) groups excluding carboxylic acids is 1. The Morgan fingerprint density at radius 1 is 0.870 bits per heavy atom. The van der Waals surface area contributed by atoms with Crippen molar-refractivity contribution in [1.29, 1.82) is 0 Å². The fourth-order valence-corrected chi connectivity index (χ4v) is 3.34. The highest BCUT2D eigenvalue weighted by molar-refractivity contribution is 5.80. The third-order valence-electron chi connectivity index (χ3n) is 4.55. The zero-order chi connectivity index (χ0) is 16.7. The van der Waals surface area contributed by atoms with Crippen LogP contribution in [0.25, 0.3) is 0 Å². The van der Waals surface area contributed by atoms with Crippen LogP contribution in [0, 0.1) is 0 Å². The molecule has 0 radical (unpaired) electrons. The van der Waals surface area contributed by atoms with Crippen LogP contribution in [0.15, 0.2) is 60.7 Å². The van der Waals surface area contributed by atoms with Gasteiger partial charge in [0.2, 0.25) is 11.4 Å². The van der Waals surface area contributed by atoms with Crippen molar-refractivity contribution in [1.82, 2.24) is 9.80 Å². The molecule has 0 aliphatic carbocycles. The molecule has 23 heavy (non-hydrogen) atoms. The smallest absolute Gasteiger partial charge is 0.325 e. The van der Waals surface area contributed by atoms with Crippen molar-refractivity contribution in [3.8, 4) is 0 Å². The van der Waals surface area contributed by atoms with Gasteiger partial charge in [-0.2, -0.15) is 0 Å². The maximum Gasteiger partial charge on any atom is 0.325 e. The minimum atomic E-state index is -1.89. The van der Waals surface area contributed by atoms with E-state index in [9.17, 15) is 15.0 Å². The van der Waals surface area contributed by atoms with Gasteiger partial charge in [-0.3, -0.25) is 9.80 Å². The quantitative estimate of drug-likeness (QED) is 0.912. The van der Waals surface area contributed by atoms with Gasteiger partial charge in [-0.1, -0.05) is 60.7 Å². The van der Waals surface area contributed by atoms with Crippen molar-refractivity contribution < 1.29 is 15.0 Å². The molecule has 3 rings (SSSR count). The summed E-state index contributed by atoms with van der Waals surface area (Å²) in [5.41, 5.74) is -2.84. The average molecular weight is 312 g/mol. The largest absolute Gasteiger partial charge is 0.363 e. The molecule has 120 valence electrons. The fourth-order valence-electron chi connectivity index (χ4n) is 3.34. The normalized spacial score (nSPS) is 27.6. The molecule has 5 nitrogen and oxygen atoms in total. The van der Waals surface area contributed by atoms with Crippen LogP contribution in [0.3, 0.4) is 0 Å². The van der Waals surface area contributed by atoms with Gasteiger partial charge in [-0.05, 0) is 6.92 Å². The number of benzene rings is 2. The van der Waals surface area contributed by atoms with Crippen molar-refractivity contribution in [3.05, 3.63) is 71.8 Å². The van der Waals surface area contributed by atoms with E-state index in [1.54, 1.807) is 55.5 Å². The molecule has 1 saturated heterocycles. The second-order valence-electron chi connectivity index (χ2n) is 5.66. The number of rotatable bonds is 3. The standard InChI is InChI=1S/C18H20N2O3/c1-3-20-16(21)19(2)17(22,14-10-6-4-7-11-14)18(20,23)15-12-8-5-9-13-15/h4-13,22-23H,3H2,1-2H3. The molecule has 2 aromatic carbocycles. The Hall–Kier alpha value is -2.37. The number of likely N-dealkylation sites (N-methyl/N-ethyl adjacent to an activating group) is 2. The molecule has 0 bridgehead atoms. The fraction of sp³-hybridized carbons (Fsp3) is 0.278. The molecule has 0 spiro atoms. The third-order valence-corrected chi connectivity index (χ3v) is 4.55. The van der Waals surface area contributed by atoms with Gasteiger partial charge < -0.3 is 10.2 Å². The lowest BCUT2D eigenvalue weighted by Gasteiger charge is -2.42. The minimum Gasteiger partial charge on any atom is -0.363 e. The number of hydrogen-bond donors (Lipinski definition) is 2. The highest BCUT2D eigenvalue weighted by Crippen LogP contribution is 2.50. The van der Waals surface area contributed by atoms with Gasteiger partial charge in [0.1, 0.15) is 0 Å². The van der Waals surface area contributed by atoms with E-state index < -0.39 is 17.5 Å². The summed E-state index contributed by atoms with van der Waals surface area (Å²) in [4.78, 5) is 15.1. The lowest BCUT2D eigenvalue weighted by molar-refractivity contribution is -0.240. The van der Waals surface area contributed by atoms with E-state index in [-0.39, 0.29) is 6.54 Å². The molecule has 1 fully saturated rings. The molecule has 5 heteroatoms. The Bertz CT molecular complexity index is 707. The van der Waals surface area contributed by atoms with Crippen molar-refractivity contribution in [2.24, 2.45) is 0 Å². The van der Waals surface area contributed by atoms with Gasteiger partial charge in [-0.15, -0.1) is 0 Å². The van der Waals surface area contributed by atoms with Crippen LogP contribution in [0.1, 0.15) is 18.1 Å². The summed E-state index contributed by atoms with van der Waals surface area (Å²) in [6.45, 7) is 2.04. The molecular weight excluding hydrogens is 292 g/mol. The van der Waals surface area contributed by atoms with Gasteiger partial charge in [0.05, 0.1) is 0 Å². The Labute approximate surface area is 135 Å². The number of nitrogens with zero attached hydrogens (tertiary/aromatic N) is 2. The summed E-state index contributed by atoms with van der Waals surface area (Å²) in [7, 11) is 1.50. The molecular formula is C18H20N2O3. The monoisotopic (exact) mass is 312 g/mol. The van der Waals surface area contributed by atoms with Crippen LogP contribution in [-0.2, 0) is 11.4 Å². The second-order valence-corrected chi connectivity index (χ2v) is 5.66. The first-order chi connectivity index (χ1) is 11.0. The molecule has 1 aliphatic rings. The van der Waals surface area contributed by atoms with E-state index >= 15 is 0 Å². The Morgan fingerprint density at radius 3 is 1.74 bits per heavy atom. The first-order valence-corrected chi connectivity index (χ1v) is 7.59. The SMILES string of the molecule is CCN1C(=O)N(C)C(O)(c2ccccc2)C1(O)c1ccccc1. The van der Waals surface area contributed by atoms with Gasteiger partial charge in [-0.25, -0.2) is 4.79 Å².